The highest BCUT2D eigenvalue weighted by Gasteiger charge is 2.26. The minimum absolute atomic E-state index is 0.269. The molecular formula is C14H18N2O3S. The summed E-state index contributed by atoms with van der Waals surface area (Å²) < 4.78 is 32.5. The van der Waals surface area contributed by atoms with Gasteiger partial charge in [-0.1, -0.05) is 44.1 Å². The molecule has 0 atom stereocenters. The van der Waals surface area contributed by atoms with E-state index in [0.29, 0.717) is 11.4 Å². The Morgan fingerprint density at radius 2 is 1.85 bits per heavy atom. The molecule has 1 N–H and O–H groups in total. The van der Waals surface area contributed by atoms with Crippen LogP contribution in [-0.2, 0) is 15.4 Å². The molecule has 5 nitrogen and oxygen atoms in total. The molecule has 1 aromatic carbocycles. The number of benzene rings is 1. The molecule has 0 aliphatic rings. The second-order valence-corrected chi connectivity index (χ2v) is 7.30. The fourth-order valence-corrected chi connectivity index (χ4v) is 3.43. The standard InChI is InChI=1S/C14H18N2O3S/c1-10-12(9-15-19-10)16-20(17,18)13-8-6-5-7-11(13)14(2,3)4/h5-9,16H,1-4H3. The minimum atomic E-state index is -3.67. The number of nitrogens with one attached hydrogen (secondary N) is 1. The Morgan fingerprint density at radius 3 is 2.40 bits per heavy atom. The number of aromatic nitrogens is 1. The molecule has 20 heavy (non-hydrogen) atoms. The average molecular weight is 294 g/mol. The van der Waals surface area contributed by atoms with E-state index in [9.17, 15) is 8.42 Å². The highest BCUT2D eigenvalue weighted by Crippen LogP contribution is 2.30. The van der Waals surface area contributed by atoms with Crippen molar-refractivity contribution < 1.29 is 12.9 Å². The predicted molar refractivity (Wildman–Crippen MR) is 77.2 cm³/mol. The van der Waals surface area contributed by atoms with E-state index in [1.54, 1.807) is 19.1 Å². The van der Waals surface area contributed by atoms with Crippen molar-refractivity contribution in [2.45, 2.75) is 38.0 Å². The van der Waals surface area contributed by atoms with Crippen LogP contribution in [0.1, 0.15) is 32.1 Å². The summed E-state index contributed by atoms with van der Waals surface area (Å²) in [5.41, 5.74) is 0.852. The molecule has 6 heteroatoms. The molecular weight excluding hydrogens is 276 g/mol. The van der Waals surface area contributed by atoms with Crippen molar-refractivity contribution in [1.29, 1.82) is 0 Å². The number of hydrogen-bond donors (Lipinski definition) is 1. The second-order valence-electron chi connectivity index (χ2n) is 5.65. The second kappa shape index (κ2) is 4.94. The van der Waals surface area contributed by atoms with Crippen molar-refractivity contribution in [2.75, 3.05) is 4.72 Å². The van der Waals surface area contributed by atoms with Crippen LogP contribution in [0.4, 0.5) is 5.69 Å². The van der Waals surface area contributed by atoms with Gasteiger partial charge in [-0.25, -0.2) is 8.42 Å². The minimum Gasteiger partial charge on any atom is -0.359 e. The van der Waals surface area contributed by atoms with Crippen molar-refractivity contribution in [3.63, 3.8) is 0 Å². The lowest BCUT2D eigenvalue weighted by atomic mass is 9.87. The fraction of sp³-hybridized carbons (Fsp3) is 0.357. The molecule has 0 bridgehead atoms. The van der Waals surface area contributed by atoms with Gasteiger partial charge in [0, 0.05) is 0 Å². The summed E-state index contributed by atoms with van der Waals surface area (Å²) in [6, 6.07) is 6.98. The van der Waals surface area contributed by atoms with Crippen molar-refractivity contribution in [1.82, 2.24) is 5.16 Å². The van der Waals surface area contributed by atoms with Gasteiger partial charge < -0.3 is 4.52 Å². The van der Waals surface area contributed by atoms with E-state index in [1.807, 2.05) is 32.9 Å². The molecule has 108 valence electrons. The van der Waals surface area contributed by atoms with E-state index in [1.165, 1.54) is 6.20 Å². The molecule has 0 saturated heterocycles. The molecule has 2 aromatic rings. The van der Waals surface area contributed by atoms with Gasteiger partial charge in [0.15, 0.2) is 5.76 Å². The van der Waals surface area contributed by atoms with E-state index >= 15 is 0 Å². The molecule has 0 unspecified atom stereocenters. The topological polar surface area (TPSA) is 72.2 Å². The number of sulfonamides is 1. The zero-order chi connectivity index (χ0) is 15.0. The normalized spacial score (nSPS) is 12.4. The van der Waals surface area contributed by atoms with E-state index < -0.39 is 10.0 Å². The summed E-state index contributed by atoms with van der Waals surface area (Å²) in [5.74, 6) is 0.432. The summed E-state index contributed by atoms with van der Waals surface area (Å²) in [6.45, 7) is 7.59. The van der Waals surface area contributed by atoms with Gasteiger partial charge in [-0.15, -0.1) is 0 Å². The molecule has 0 aliphatic carbocycles. The van der Waals surface area contributed by atoms with E-state index in [0.717, 1.165) is 5.56 Å². The molecule has 0 spiro atoms. The van der Waals surface area contributed by atoms with E-state index in [-0.39, 0.29) is 10.3 Å². The molecule has 0 fully saturated rings. The first kappa shape index (κ1) is 14.6. The van der Waals surface area contributed by atoms with Gasteiger partial charge in [0.25, 0.3) is 10.0 Å². The zero-order valence-corrected chi connectivity index (χ0v) is 12.8. The SMILES string of the molecule is Cc1oncc1NS(=O)(=O)c1ccccc1C(C)(C)C. The average Bonchev–Trinajstić information content (AvgIpc) is 2.73. The third-order valence-corrected chi connectivity index (χ3v) is 4.40. The van der Waals surface area contributed by atoms with Crippen LogP contribution >= 0.6 is 0 Å². The van der Waals surface area contributed by atoms with Crippen molar-refractivity contribution in [3.8, 4) is 0 Å². The Morgan fingerprint density at radius 1 is 1.20 bits per heavy atom. The summed E-state index contributed by atoms with van der Waals surface area (Å²) in [6.07, 6.45) is 1.35. The van der Waals surface area contributed by atoms with Crippen molar-refractivity contribution in [2.24, 2.45) is 0 Å². The first-order valence-electron chi connectivity index (χ1n) is 6.25. The van der Waals surface area contributed by atoms with E-state index in [2.05, 4.69) is 9.88 Å². The molecule has 0 radical (unpaired) electrons. The first-order valence-corrected chi connectivity index (χ1v) is 7.74. The molecule has 1 aromatic heterocycles. The highest BCUT2D eigenvalue weighted by atomic mass is 32.2. The van der Waals surface area contributed by atoms with Gasteiger partial charge in [-0.3, -0.25) is 4.72 Å². The van der Waals surface area contributed by atoms with Crippen molar-refractivity contribution in [3.05, 3.63) is 41.8 Å². The summed E-state index contributed by atoms with van der Waals surface area (Å²) in [4.78, 5) is 0.271. The summed E-state index contributed by atoms with van der Waals surface area (Å²) in [7, 11) is -3.67. The Bertz CT molecular complexity index is 712. The van der Waals surface area contributed by atoms with Crippen molar-refractivity contribution >= 4 is 15.7 Å². The van der Waals surface area contributed by atoms with Gasteiger partial charge in [0.1, 0.15) is 5.69 Å². The van der Waals surface area contributed by atoms with E-state index in [4.69, 9.17) is 4.52 Å². The quantitative estimate of drug-likeness (QED) is 0.944. The third kappa shape index (κ3) is 2.85. The highest BCUT2D eigenvalue weighted by molar-refractivity contribution is 7.92. The molecule has 0 saturated carbocycles. The number of hydrogen-bond acceptors (Lipinski definition) is 4. The van der Waals surface area contributed by atoms with Gasteiger partial charge in [0.05, 0.1) is 11.1 Å². The molecule has 2 rings (SSSR count). The maximum absolute atomic E-state index is 12.5. The first-order chi connectivity index (χ1) is 9.22. The number of rotatable bonds is 3. The Balaban J connectivity index is 2.48. The van der Waals surface area contributed by atoms with Gasteiger partial charge in [-0.2, -0.15) is 0 Å². The lowest BCUT2D eigenvalue weighted by Crippen LogP contribution is -2.21. The van der Waals surface area contributed by atoms with Gasteiger partial charge in [-0.05, 0) is 24.0 Å². The third-order valence-electron chi connectivity index (χ3n) is 2.98. The molecule has 1 heterocycles. The lowest BCUT2D eigenvalue weighted by molar-refractivity contribution is 0.398. The fourth-order valence-electron chi connectivity index (χ4n) is 1.92. The Hall–Kier alpha value is -1.82. The zero-order valence-electron chi connectivity index (χ0n) is 12.0. The van der Waals surface area contributed by atoms with Crippen LogP contribution < -0.4 is 4.72 Å². The summed E-state index contributed by atoms with van der Waals surface area (Å²) in [5, 5.41) is 3.57. The van der Waals surface area contributed by atoms with Crippen LogP contribution in [-0.4, -0.2) is 13.6 Å². The number of nitrogens with zero attached hydrogens (tertiary/aromatic N) is 1. The van der Waals surface area contributed by atoms with Crippen LogP contribution in [0, 0.1) is 6.92 Å². The van der Waals surface area contributed by atoms with Crippen LogP contribution in [0.5, 0.6) is 0 Å². The van der Waals surface area contributed by atoms with Crippen LogP contribution in [0.25, 0.3) is 0 Å². The lowest BCUT2D eigenvalue weighted by Gasteiger charge is -2.22. The van der Waals surface area contributed by atoms with Crippen LogP contribution in [0.15, 0.2) is 39.9 Å². The number of aryl methyl sites for hydroxylation is 1. The largest absolute Gasteiger partial charge is 0.359 e. The summed E-state index contributed by atoms with van der Waals surface area (Å²) >= 11 is 0. The van der Waals surface area contributed by atoms with Gasteiger partial charge in [0.2, 0.25) is 0 Å². The number of anilines is 1. The predicted octanol–water partition coefficient (Wildman–Crippen LogP) is 3.08. The Labute approximate surface area is 119 Å². The van der Waals surface area contributed by atoms with Gasteiger partial charge >= 0.3 is 0 Å². The van der Waals surface area contributed by atoms with Crippen LogP contribution in [0.2, 0.25) is 0 Å². The maximum Gasteiger partial charge on any atom is 0.262 e. The molecule has 0 amide bonds. The molecule has 0 aliphatic heterocycles. The Kier molecular flexibility index (Phi) is 3.60. The van der Waals surface area contributed by atoms with Crippen LogP contribution in [0.3, 0.4) is 0 Å². The monoisotopic (exact) mass is 294 g/mol. The maximum atomic E-state index is 12.5. The smallest absolute Gasteiger partial charge is 0.262 e.